The molecule has 0 saturated heterocycles. The number of aliphatic hydroxyl groups is 2. The lowest BCUT2D eigenvalue weighted by molar-refractivity contribution is 0.186. The average molecular weight is 190 g/mol. The molecule has 0 amide bonds. The van der Waals surface area contributed by atoms with Gasteiger partial charge >= 0.3 is 0 Å². The molecule has 0 aromatic rings. The molecule has 0 rings (SSSR count). The summed E-state index contributed by atoms with van der Waals surface area (Å²) >= 11 is 0. The van der Waals surface area contributed by atoms with Crippen molar-refractivity contribution in [3.05, 3.63) is 0 Å². The van der Waals surface area contributed by atoms with Crippen LogP contribution in [-0.2, 0) is 0 Å². The maximum absolute atomic E-state index is 7.62. The summed E-state index contributed by atoms with van der Waals surface area (Å²) < 4.78 is 0. The van der Waals surface area contributed by atoms with Gasteiger partial charge in [0.05, 0.1) is 13.2 Å². The Morgan fingerprint density at radius 1 is 1.00 bits per heavy atom. The highest BCUT2D eigenvalue weighted by molar-refractivity contribution is 4.64. The molecule has 2 N–H and O–H groups in total. The highest BCUT2D eigenvalue weighted by Gasteiger charge is 2.12. The second-order valence-corrected chi connectivity index (χ2v) is 4.07. The van der Waals surface area contributed by atoms with E-state index in [4.69, 9.17) is 10.2 Å². The first kappa shape index (κ1) is 15.4. The molecule has 0 saturated carbocycles. The van der Waals surface area contributed by atoms with Crippen LogP contribution in [0.25, 0.3) is 0 Å². The van der Waals surface area contributed by atoms with Gasteiger partial charge in [0.1, 0.15) is 0 Å². The molecule has 0 atom stereocenters. The van der Waals surface area contributed by atoms with Crippen LogP contribution in [0.15, 0.2) is 0 Å². The molecule has 13 heavy (non-hydrogen) atoms. The molecule has 0 heterocycles. The second-order valence-electron chi connectivity index (χ2n) is 4.07. The summed E-state index contributed by atoms with van der Waals surface area (Å²) in [5, 5.41) is 15.2. The first-order valence-corrected chi connectivity index (χ1v) is 5.25. The molecule has 0 unspecified atom stereocenters. The lowest BCUT2D eigenvalue weighted by Crippen LogP contribution is -2.08. The SMILES string of the molecule is CCCCC(C)(C)CC.OCCO. The fraction of sp³-hybridized carbons (Fsp3) is 1.00. The van der Waals surface area contributed by atoms with Crippen LogP contribution in [0, 0.1) is 5.41 Å². The van der Waals surface area contributed by atoms with Gasteiger partial charge < -0.3 is 10.2 Å². The van der Waals surface area contributed by atoms with Crippen LogP contribution < -0.4 is 0 Å². The second kappa shape index (κ2) is 10.0. The topological polar surface area (TPSA) is 40.5 Å². The van der Waals surface area contributed by atoms with E-state index >= 15 is 0 Å². The van der Waals surface area contributed by atoms with Gasteiger partial charge in [-0.3, -0.25) is 0 Å². The van der Waals surface area contributed by atoms with E-state index in [1.54, 1.807) is 0 Å². The van der Waals surface area contributed by atoms with Crippen molar-refractivity contribution in [2.45, 2.75) is 53.4 Å². The molecule has 0 fully saturated rings. The van der Waals surface area contributed by atoms with E-state index in [-0.39, 0.29) is 13.2 Å². The van der Waals surface area contributed by atoms with Crippen LogP contribution in [0.2, 0.25) is 0 Å². The Labute approximate surface area is 83.0 Å². The van der Waals surface area contributed by atoms with Gasteiger partial charge in [-0.15, -0.1) is 0 Å². The highest BCUT2D eigenvalue weighted by Crippen LogP contribution is 2.26. The minimum absolute atomic E-state index is 0.125. The van der Waals surface area contributed by atoms with Crippen LogP contribution in [0.1, 0.15) is 53.4 Å². The number of hydrogen-bond acceptors (Lipinski definition) is 2. The van der Waals surface area contributed by atoms with Crippen LogP contribution in [0.3, 0.4) is 0 Å². The molecule has 0 bridgehead atoms. The minimum atomic E-state index is -0.125. The lowest BCUT2D eigenvalue weighted by atomic mass is 9.85. The highest BCUT2D eigenvalue weighted by atomic mass is 16.3. The predicted molar refractivity (Wildman–Crippen MR) is 57.8 cm³/mol. The average Bonchev–Trinajstić information content (AvgIpc) is 2.15. The molecule has 0 aromatic heterocycles. The van der Waals surface area contributed by atoms with Gasteiger partial charge in [0.15, 0.2) is 0 Å². The quantitative estimate of drug-likeness (QED) is 0.699. The molecule has 0 aromatic carbocycles. The zero-order valence-electron chi connectivity index (χ0n) is 9.64. The van der Waals surface area contributed by atoms with Gasteiger partial charge in [-0.1, -0.05) is 47.0 Å². The summed E-state index contributed by atoms with van der Waals surface area (Å²) in [6, 6.07) is 0. The van der Waals surface area contributed by atoms with E-state index in [9.17, 15) is 0 Å². The largest absolute Gasteiger partial charge is 0.394 e. The van der Waals surface area contributed by atoms with Gasteiger partial charge in [-0.05, 0) is 11.8 Å². The van der Waals surface area contributed by atoms with Crippen LogP contribution in [0.5, 0.6) is 0 Å². The molecule has 0 aliphatic rings. The van der Waals surface area contributed by atoms with E-state index in [0.29, 0.717) is 5.41 Å². The monoisotopic (exact) mass is 190 g/mol. The number of rotatable bonds is 5. The summed E-state index contributed by atoms with van der Waals surface area (Å²) in [6.07, 6.45) is 5.43. The van der Waals surface area contributed by atoms with E-state index in [0.717, 1.165) is 0 Å². The zero-order chi connectivity index (χ0) is 10.7. The van der Waals surface area contributed by atoms with Crippen molar-refractivity contribution >= 4 is 0 Å². The molecule has 0 aliphatic heterocycles. The Morgan fingerprint density at radius 3 is 1.69 bits per heavy atom. The number of aliphatic hydroxyl groups excluding tert-OH is 2. The first-order valence-electron chi connectivity index (χ1n) is 5.25. The van der Waals surface area contributed by atoms with Crippen LogP contribution >= 0.6 is 0 Å². The third-order valence-corrected chi connectivity index (χ3v) is 2.26. The van der Waals surface area contributed by atoms with Crippen LogP contribution in [-0.4, -0.2) is 23.4 Å². The van der Waals surface area contributed by atoms with Crippen LogP contribution in [0.4, 0.5) is 0 Å². The molecule has 0 radical (unpaired) electrons. The van der Waals surface area contributed by atoms with Gasteiger partial charge in [-0.2, -0.15) is 0 Å². The Morgan fingerprint density at radius 2 is 1.46 bits per heavy atom. The van der Waals surface area contributed by atoms with Crippen molar-refractivity contribution in [3.8, 4) is 0 Å². The fourth-order valence-corrected chi connectivity index (χ4v) is 0.832. The Kier molecular flexibility index (Phi) is 11.8. The van der Waals surface area contributed by atoms with Gasteiger partial charge in [0, 0.05) is 0 Å². The molecular weight excluding hydrogens is 164 g/mol. The van der Waals surface area contributed by atoms with Gasteiger partial charge in [0.2, 0.25) is 0 Å². The summed E-state index contributed by atoms with van der Waals surface area (Å²) in [5.41, 5.74) is 0.593. The Balaban J connectivity index is 0. The summed E-state index contributed by atoms with van der Waals surface area (Å²) in [6.45, 7) is 8.98. The lowest BCUT2D eigenvalue weighted by Gasteiger charge is -2.21. The van der Waals surface area contributed by atoms with Crippen molar-refractivity contribution in [1.29, 1.82) is 0 Å². The normalized spacial score (nSPS) is 10.6. The fourth-order valence-electron chi connectivity index (χ4n) is 0.832. The van der Waals surface area contributed by atoms with E-state index in [1.165, 1.54) is 25.7 Å². The predicted octanol–water partition coefficient (Wildman–Crippen LogP) is 2.58. The molecular formula is C11H26O2. The summed E-state index contributed by atoms with van der Waals surface area (Å²) in [4.78, 5) is 0. The Bertz CT molecular complexity index is 88.1. The number of unbranched alkanes of at least 4 members (excludes halogenated alkanes) is 1. The van der Waals surface area contributed by atoms with Crippen molar-refractivity contribution in [2.75, 3.05) is 13.2 Å². The smallest absolute Gasteiger partial charge is 0.0662 e. The molecule has 2 nitrogen and oxygen atoms in total. The standard InChI is InChI=1S/C9H20.C2H6O2/c1-5-7-8-9(3,4)6-2;3-1-2-4/h5-8H2,1-4H3;3-4H,1-2H2. The molecule has 82 valence electrons. The summed E-state index contributed by atoms with van der Waals surface area (Å²) in [5.74, 6) is 0. The molecule has 0 spiro atoms. The third kappa shape index (κ3) is 14.7. The van der Waals surface area contributed by atoms with Crippen molar-refractivity contribution in [3.63, 3.8) is 0 Å². The Hall–Kier alpha value is -0.0800. The zero-order valence-corrected chi connectivity index (χ0v) is 9.64. The maximum Gasteiger partial charge on any atom is 0.0662 e. The van der Waals surface area contributed by atoms with Gasteiger partial charge in [-0.25, -0.2) is 0 Å². The van der Waals surface area contributed by atoms with E-state index in [1.807, 2.05) is 0 Å². The minimum Gasteiger partial charge on any atom is -0.394 e. The summed E-state index contributed by atoms with van der Waals surface area (Å²) in [7, 11) is 0. The maximum atomic E-state index is 7.62. The van der Waals surface area contributed by atoms with Gasteiger partial charge in [0.25, 0.3) is 0 Å². The van der Waals surface area contributed by atoms with Crippen molar-refractivity contribution in [1.82, 2.24) is 0 Å². The third-order valence-electron chi connectivity index (χ3n) is 2.26. The molecule has 0 aliphatic carbocycles. The van der Waals surface area contributed by atoms with E-state index in [2.05, 4.69) is 27.7 Å². The number of hydrogen-bond donors (Lipinski definition) is 2. The first-order chi connectivity index (χ1) is 6.04. The van der Waals surface area contributed by atoms with E-state index < -0.39 is 0 Å². The van der Waals surface area contributed by atoms with Crippen molar-refractivity contribution in [2.24, 2.45) is 5.41 Å². The molecule has 2 heteroatoms. The van der Waals surface area contributed by atoms with Crippen molar-refractivity contribution < 1.29 is 10.2 Å².